The molecule has 0 aliphatic rings. The SMILES string of the molecule is COC(=O)CCCSc1cc(C(=O)O)ccc1C. The number of methoxy groups -OCH3 is 1. The van der Waals surface area contributed by atoms with Crippen molar-refractivity contribution >= 4 is 23.7 Å². The van der Waals surface area contributed by atoms with E-state index >= 15 is 0 Å². The first-order chi connectivity index (χ1) is 8.54. The van der Waals surface area contributed by atoms with Crippen LogP contribution >= 0.6 is 11.8 Å². The van der Waals surface area contributed by atoms with Crippen LogP contribution in [0.2, 0.25) is 0 Å². The van der Waals surface area contributed by atoms with Gasteiger partial charge < -0.3 is 9.84 Å². The van der Waals surface area contributed by atoms with Crippen molar-refractivity contribution in [1.29, 1.82) is 0 Å². The number of thioether (sulfide) groups is 1. The lowest BCUT2D eigenvalue weighted by molar-refractivity contribution is -0.140. The molecule has 0 atom stereocenters. The van der Waals surface area contributed by atoms with Gasteiger partial charge in [-0.1, -0.05) is 6.07 Å². The maximum absolute atomic E-state index is 10.9. The molecule has 0 saturated carbocycles. The Morgan fingerprint density at radius 1 is 1.39 bits per heavy atom. The number of aryl methyl sites for hydroxylation is 1. The van der Waals surface area contributed by atoms with Crippen LogP contribution in [-0.4, -0.2) is 29.9 Å². The first-order valence-corrected chi connectivity index (χ1v) is 6.56. The highest BCUT2D eigenvalue weighted by molar-refractivity contribution is 7.99. The molecule has 0 bridgehead atoms. The second kappa shape index (κ2) is 7.06. The third-order valence-corrected chi connectivity index (χ3v) is 3.69. The van der Waals surface area contributed by atoms with Crippen molar-refractivity contribution in [2.75, 3.05) is 12.9 Å². The fourth-order valence-corrected chi connectivity index (χ4v) is 2.40. The maximum atomic E-state index is 10.9. The summed E-state index contributed by atoms with van der Waals surface area (Å²) in [5.41, 5.74) is 1.33. The van der Waals surface area contributed by atoms with Crippen molar-refractivity contribution in [3.63, 3.8) is 0 Å². The summed E-state index contributed by atoms with van der Waals surface area (Å²) >= 11 is 1.56. The second-order valence-corrected chi connectivity index (χ2v) is 4.95. The zero-order valence-electron chi connectivity index (χ0n) is 10.4. The smallest absolute Gasteiger partial charge is 0.335 e. The summed E-state index contributed by atoms with van der Waals surface area (Å²) in [5.74, 6) is -0.378. The Hall–Kier alpha value is -1.49. The molecule has 1 aromatic carbocycles. The third-order valence-electron chi connectivity index (χ3n) is 2.45. The van der Waals surface area contributed by atoms with Crippen LogP contribution in [0.5, 0.6) is 0 Å². The summed E-state index contributed by atoms with van der Waals surface area (Å²) in [7, 11) is 1.37. The molecular weight excluding hydrogens is 252 g/mol. The van der Waals surface area contributed by atoms with Gasteiger partial charge >= 0.3 is 11.9 Å². The van der Waals surface area contributed by atoms with Crippen LogP contribution in [0.3, 0.4) is 0 Å². The number of carbonyl (C=O) groups is 2. The number of carboxylic acids is 1. The Bertz CT molecular complexity index is 443. The van der Waals surface area contributed by atoms with Gasteiger partial charge in [-0.3, -0.25) is 4.79 Å². The lowest BCUT2D eigenvalue weighted by Gasteiger charge is -2.06. The predicted molar refractivity (Wildman–Crippen MR) is 70.1 cm³/mol. The molecule has 1 rings (SSSR count). The highest BCUT2D eigenvalue weighted by atomic mass is 32.2. The highest BCUT2D eigenvalue weighted by Gasteiger charge is 2.07. The van der Waals surface area contributed by atoms with Gasteiger partial charge in [-0.05, 0) is 36.8 Å². The Balaban J connectivity index is 2.53. The number of aromatic carboxylic acids is 1. The zero-order chi connectivity index (χ0) is 13.5. The molecule has 0 heterocycles. The number of hydrogen-bond acceptors (Lipinski definition) is 4. The van der Waals surface area contributed by atoms with Crippen molar-refractivity contribution in [1.82, 2.24) is 0 Å². The first kappa shape index (κ1) is 14.6. The molecule has 4 nitrogen and oxygen atoms in total. The average molecular weight is 268 g/mol. The topological polar surface area (TPSA) is 63.6 Å². The highest BCUT2D eigenvalue weighted by Crippen LogP contribution is 2.24. The molecule has 1 aromatic rings. The van der Waals surface area contributed by atoms with E-state index in [0.29, 0.717) is 12.8 Å². The van der Waals surface area contributed by atoms with E-state index in [-0.39, 0.29) is 11.5 Å². The molecule has 0 aliphatic heterocycles. The molecule has 0 radical (unpaired) electrons. The Morgan fingerprint density at radius 3 is 2.72 bits per heavy atom. The molecule has 0 aromatic heterocycles. The number of carboxylic acid groups (broad SMARTS) is 1. The Morgan fingerprint density at radius 2 is 2.11 bits per heavy atom. The molecule has 0 aliphatic carbocycles. The van der Waals surface area contributed by atoms with Crippen LogP contribution in [0.4, 0.5) is 0 Å². The normalized spacial score (nSPS) is 10.1. The van der Waals surface area contributed by atoms with Gasteiger partial charge in [-0.2, -0.15) is 0 Å². The number of benzene rings is 1. The van der Waals surface area contributed by atoms with Crippen molar-refractivity contribution in [3.8, 4) is 0 Å². The van der Waals surface area contributed by atoms with E-state index in [1.54, 1.807) is 30.0 Å². The molecule has 5 heteroatoms. The number of carbonyl (C=O) groups excluding carboxylic acids is 1. The van der Waals surface area contributed by atoms with Gasteiger partial charge in [0, 0.05) is 11.3 Å². The molecule has 0 saturated heterocycles. The molecule has 1 N–H and O–H groups in total. The number of rotatable bonds is 6. The van der Waals surface area contributed by atoms with Gasteiger partial charge in [0.1, 0.15) is 0 Å². The largest absolute Gasteiger partial charge is 0.478 e. The van der Waals surface area contributed by atoms with Gasteiger partial charge in [0.15, 0.2) is 0 Å². The Kier molecular flexibility index (Phi) is 5.71. The number of hydrogen-bond donors (Lipinski definition) is 1. The molecule has 0 spiro atoms. The standard InChI is InChI=1S/C13H16O4S/c1-9-5-6-10(13(15)16)8-11(9)18-7-3-4-12(14)17-2/h5-6,8H,3-4,7H2,1-2H3,(H,15,16). The zero-order valence-corrected chi connectivity index (χ0v) is 11.3. The van der Waals surface area contributed by atoms with Crippen molar-refractivity contribution in [2.45, 2.75) is 24.7 Å². The van der Waals surface area contributed by atoms with Crippen molar-refractivity contribution < 1.29 is 19.4 Å². The average Bonchev–Trinajstić information content (AvgIpc) is 2.35. The fraction of sp³-hybridized carbons (Fsp3) is 0.385. The summed E-state index contributed by atoms with van der Waals surface area (Å²) < 4.78 is 4.55. The van der Waals surface area contributed by atoms with Crippen LogP contribution in [-0.2, 0) is 9.53 Å². The van der Waals surface area contributed by atoms with Gasteiger partial charge in [-0.25, -0.2) is 4.79 Å². The molecular formula is C13H16O4S. The first-order valence-electron chi connectivity index (χ1n) is 5.58. The van der Waals surface area contributed by atoms with Gasteiger partial charge in [0.25, 0.3) is 0 Å². The third kappa shape index (κ3) is 4.41. The van der Waals surface area contributed by atoms with E-state index in [2.05, 4.69) is 4.74 Å². The molecule has 98 valence electrons. The van der Waals surface area contributed by atoms with E-state index < -0.39 is 5.97 Å². The number of ether oxygens (including phenoxy) is 1. The van der Waals surface area contributed by atoms with Crippen LogP contribution in [0.1, 0.15) is 28.8 Å². The van der Waals surface area contributed by atoms with Gasteiger partial charge in [0.05, 0.1) is 12.7 Å². The van der Waals surface area contributed by atoms with Crippen LogP contribution in [0.25, 0.3) is 0 Å². The van der Waals surface area contributed by atoms with Gasteiger partial charge in [-0.15, -0.1) is 11.8 Å². The lowest BCUT2D eigenvalue weighted by Crippen LogP contribution is -2.00. The van der Waals surface area contributed by atoms with Crippen molar-refractivity contribution in [2.24, 2.45) is 0 Å². The summed E-state index contributed by atoms with van der Waals surface area (Å²) in [6, 6.07) is 5.06. The second-order valence-electron chi connectivity index (χ2n) is 3.81. The molecule has 0 fully saturated rings. The predicted octanol–water partition coefficient (Wildman–Crippen LogP) is 2.74. The number of esters is 1. The lowest BCUT2D eigenvalue weighted by atomic mass is 10.1. The van der Waals surface area contributed by atoms with E-state index in [0.717, 1.165) is 16.2 Å². The van der Waals surface area contributed by atoms with Crippen LogP contribution in [0, 0.1) is 6.92 Å². The maximum Gasteiger partial charge on any atom is 0.335 e. The van der Waals surface area contributed by atoms with Gasteiger partial charge in [0.2, 0.25) is 0 Å². The molecule has 0 unspecified atom stereocenters. The van der Waals surface area contributed by atoms with E-state index in [1.165, 1.54) is 7.11 Å². The minimum atomic E-state index is -0.925. The summed E-state index contributed by atoms with van der Waals surface area (Å²) in [4.78, 5) is 22.7. The van der Waals surface area contributed by atoms with E-state index in [4.69, 9.17) is 5.11 Å². The Labute approximate surface area is 110 Å². The van der Waals surface area contributed by atoms with Crippen LogP contribution < -0.4 is 0 Å². The summed E-state index contributed by atoms with van der Waals surface area (Å²) in [5, 5.41) is 8.91. The van der Waals surface area contributed by atoms with Crippen LogP contribution in [0.15, 0.2) is 23.1 Å². The monoisotopic (exact) mass is 268 g/mol. The van der Waals surface area contributed by atoms with Crippen molar-refractivity contribution in [3.05, 3.63) is 29.3 Å². The van der Waals surface area contributed by atoms with E-state index in [1.807, 2.05) is 6.92 Å². The fourth-order valence-electron chi connectivity index (χ4n) is 1.39. The minimum absolute atomic E-state index is 0.216. The molecule has 18 heavy (non-hydrogen) atoms. The quantitative estimate of drug-likeness (QED) is 0.488. The summed E-state index contributed by atoms with van der Waals surface area (Å²) in [6.07, 6.45) is 1.11. The molecule has 0 amide bonds. The van der Waals surface area contributed by atoms with E-state index in [9.17, 15) is 9.59 Å². The summed E-state index contributed by atoms with van der Waals surface area (Å²) in [6.45, 7) is 1.94. The minimum Gasteiger partial charge on any atom is -0.478 e.